The molecule has 2 rings (SSSR count). The maximum absolute atomic E-state index is 14.3. The Kier molecular flexibility index (Phi) is 10.1. The first kappa shape index (κ1) is 34.5. The van der Waals surface area contributed by atoms with E-state index in [0.717, 1.165) is 27.7 Å². The molecule has 0 spiro atoms. The number of carbonyl (C=O) groups excluding carboxylic acids is 5. The maximum atomic E-state index is 14.3. The van der Waals surface area contributed by atoms with Crippen LogP contribution in [0.3, 0.4) is 0 Å². The van der Waals surface area contributed by atoms with Crippen LogP contribution in [0.4, 0.5) is 39.9 Å². The number of rotatable bonds is 9. The summed E-state index contributed by atoms with van der Waals surface area (Å²) in [4.78, 5) is 66.9. The lowest BCUT2D eigenvalue weighted by molar-refractivity contribution is -0.187. The molecule has 1 aliphatic rings. The fraction of sp³-hybridized carbons (Fsp3) is 0.542. The zero-order valence-corrected chi connectivity index (χ0v) is 22.5. The molecule has 2 amide bonds. The van der Waals surface area contributed by atoms with Gasteiger partial charge in [0.05, 0.1) is 18.1 Å². The third kappa shape index (κ3) is 5.81. The van der Waals surface area contributed by atoms with Gasteiger partial charge in [-0.3, -0.25) is 24.1 Å². The number of nitrogens with two attached hydrogens (primary N) is 2. The van der Waals surface area contributed by atoms with Crippen molar-refractivity contribution >= 4 is 29.4 Å². The first-order valence-electron chi connectivity index (χ1n) is 12.2. The van der Waals surface area contributed by atoms with Crippen LogP contribution in [0, 0.1) is 29.1 Å². The summed E-state index contributed by atoms with van der Waals surface area (Å²) in [5, 5.41) is 0. The van der Waals surface area contributed by atoms with Crippen LogP contribution in [0.1, 0.15) is 40.5 Å². The lowest BCUT2D eigenvalue weighted by Crippen LogP contribution is -2.76. The molecule has 0 aromatic heterocycles. The second-order valence-corrected chi connectivity index (χ2v) is 9.77. The maximum Gasteiger partial charge on any atom is 0.471 e. The number of alkyl halides is 3. The van der Waals surface area contributed by atoms with Gasteiger partial charge in [-0.15, -0.1) is 0 Å². The number of ketones is 3. The summed E-state index contributed by atoms with van der Waals surface area (Å²) in [6.07, 6.45) is -8.50. The fourth-order valence-electron chi connectivity index (χ4n) is 4.61. The molecule has 1 aromatic carbocycles. The number of benzene rings is 1. The quantitative estimate of drug-likeness (QED) is 0.185. The molecule has 18 heteroatoms. The molecule has 1 fully saturated rings. The summed E-state index contributed by atoms with van der Waals surface area (Å²) in [7, 11) is 0. The molecule has 1 heterocycles. The number of halogens is 8. The van der Waals surface area contributed by atoms with Gasteiger partial charge >= 0.3 is 18.2 Å². The van der Waals surface area contributed by atoms with Crippen LogP contribution in [0.5, 0.6) is 5.75 Å². The van der Waals surface area contributed by atoms with Crippen LogP contribution in [-0.4, -0.2) is 81.6 Å². The predicted molar refractivity (Wildman–Crippen MR) is 125 cm³/mol. The molecular formula is C24H26F8N4O6. The van der Waals surface area contributed by atoms with Crippen LogP contribution in [0.25, 0.3) is 0 Å². The minimum absolute atomic E-state index is 0.0217. The van der Waals surface area contributed by atoms with Crippen LogP contribution in [0.2, 0.25) is 0 Å². The topological polar surface area (TPSA) is 153 Å². The van der Waals surface area contributed by atoms with E-state index in [-0.39, 0.29) is 16.2 Å². The molecule has 1 saturated heterocycles. The highest BCUT2D eigenvalue weighted by Crippen LogP contribution is 2.36. The van der Waals surface area contributed by atoms with Gasteiger partial charge in [-0.2, -0.15) is 22.0 Å². The Morgan fingerprint density at radius 3 is 1.64 bits per heavy atom. The first-order chi connectivity index (χ1) is 19.1. The van der Waals surface area contributed by atoms with E-state index in [4.69, 9.17) is 11.5 Å². The van der Waals surface area contributed by atoms with Gasteiger partial charge in [0.2, 0.25) is 40.4 Å². The van der Waals surface area contributed by atoms with Gasteiger partial charge in [0, 0.05) is 12.6 Å². The molecule has 10 nitrogen and oxygen atoms in total. The van der Waals surface area contributed by atoms with Crippen molar-refractivity contribution in [2.24, 2.45) is 11.5 Å². The lowest BCUT2D eigenvalue weighted by Gasteiger charge is -2.45. The summed E-state index contributed by atoms with van der Waals surface area (Å²) in [6, 6.07) is -7.48. The number of hydrogen-bond acceptors (Lipinski definition) is 8. The van der Waals surface area contributed by atoms with E-state index in [1.54, 1.807) is 0 Å². The highest BCUT2D eigenvalue weighted by molar-refractivity contribution is 6.34. The molecule has 0 bridgehead atoms. The largest absolute Gasteiger partial charge is 0.471 e. The molecule has 0 radical (unpaired) electrons. The van der Waals surface area contributed by atoms with Gasteiger partial charge in [-0.1, -0.05) is 0 Å². The third-order valence-corrected chi connectivity index (χ3v) is 6.39. The number of nitrogens with zero attached hydrogens (tertiary/aromatic N) is 2. The van der Waals surface area contributed by atoms with Gasteiger partial charge in [0.15, 0.2) is 17.3 Å². The zero-order valence-electron chi connectivity index (χ0n) is 22.5. The van der Waals surface area contributed by atoms with Crippen molar-refractivity contribution in [1.29, 1.82) is 0 Å². The summed E-state index contributed by atoms with van der Waals surface area (Å²) in [5.41, 5.74) is 7.73. The minimum Gasteiger partial charge on any atom is -0.404 e. The van der Waals surface area contributed by atoms with Crippen molar-refractivity contribution in [2.75, 3.05) is 6.54 Å². The Balaban J connectivity index is 2.90. The number of amides is 2. The van der Waals surface area contributed by atoms with Gasteiger partial charge in [0.1, 0.15) is 0 Å². The van der Waals surface area contributed by atoms with E-state index >= 15 is 0 Å². The highest BCUT2D eigenvalue weighted by Gasteiger charge is 2.64. The molecule has 0 aliphatic carbocycles. The summed E-state index contributed by atoms with van der Waals surface area (Å²) in [6.45, 7) is 3.19. The average Bonchev–Trinajstić information content (AvgIpc) is 3.38. The van der Waals surface area contributed by atoms with E-state index in [9.17, 15) is 59.1 Å². The second-order valence-electron chi connectivity index (χ2n) is 9.77. The third-order valence-electron chi connectivity index (χ3n) is 6.39. The van der Waals surface area contributed by atoms with E-state index in [0.29, 0.717) is 0 Å². The summed E-state index contributed by atoms with van der Waals surface area (Å²) >= 11 is 0. The standard InChI is InChI=1S/C24H26F8N4O6/c1-8(2)36(22(41)42-17-15(28)13(26)12(25)14(27)16(17)29)23(18(37)9(3)33,19(38)10(4)34)20(39)11-6-5-7-35(11)21(40)24(30,31)32/h8-11H,5-7,33-34H2,1-4H3/t9-,10-,11-/m0/s1. The fourth-order valence-corrected chi connectivity index (χ4v) is 4.61. The van der Waals surface area contributed by atoms with Crippen molar-refractivity contribution in [3.63, 3.8) is 0 Å². The first-order valence-corrected chi connectivity index (χ1v) is 12.2. The smallest absolute Gasteiger partial charge is 0.404 e. The average molecular weight is 618 g/mol. The highest BCUT2D eigenvalue weighted by atomic mass is 19.4. The number of likely N-dealkylation sites (tertiary alicyclic amines) is 1. The number of hydrogen-bond donors (Lipinski definition) is 2. The monoisotopic (exact) mass is 618 g/mol. The molecular weight excluding hydrogens is 592 g/mol. The Labute approximate surface area is 232 Å². The van der Waals surface area contributed by atoms with Crippen molar-refractivity contribution < 1.29 is 63.8 Å². The van der Waals surface area contributed by atoms with Crippen molar-refractivity contribution in [2.45, 2.75) is 76.4 Å². The van der Waals surface area contributed by atoms with E-state index < -0.39 is 113 Å². The van der Waals surface area contributed by atoms with Crippen LogP contribution in [0.15, 0.2) is 0 Å². The molecule has 234 valence electrons. The molecule has 3 atom stereocenters. The van der Waals surface area contributed by atoms with Gasteiger partial charge in [-0.25, -0.2) is 18.0 Å². The zero-order chi connectivity index (χ0) is 32.6. The number of carbonyl (C=O) groups is 5. The van der Waals surface area contributed by atoms with Crippen molar-refractivity contribution in [3.8, 4) is 5.75 Å². The molecule has 42 heavy (non-hydrogen) atoms. The molecule has 0 unspecified atom stereocenters. The molecule has 4 N–H and O–H groups in total. The predicted octanol–water partition coefficient (Wildman–Crippen LogP) is 2.29. The van der Waals surface area contributed by atoms with Gasteiger partial charge in [0.25, 0.3) is 0 Å². The lowest BCUT2D eigenvalue weighted by atomic mass is 9.74. The molecule has 1 aliphatic heterocycles. The molecule has 1 aromatic rings. The van der Waals surface area contributed by atoms with Crippen LogP contribution >= 0.6 is 0 Å². The number of Topliss-reactive ketones (excluding diaryl/α,β-unsaturated/α-hetero) is 3. The molecule has 0 saturated carbocycles. The van der Waals surface area contributed by atoms with Crippen molar-refractivity contribution in [3.05, 3.63) is 29.1 Å². The van der Waals surface area contributed by atoms with E-state index in [1.165, 1.54) is 0 Å². The van der Waals surface area contributed by atoms with Gasteiger partial charge < -0.3 is 21.1 Å². The van der Waals surface area contributed by atoms with Crippen molar-refractivity contribution in [1.82, 2.24) is 9.80 Å². The Bertz CT molecular complexity index is 1250. The normalized spacial score (nSPS) is 17.2. The minimum atomic E-state index is -5.51. The van der Waals surface area contributed by atoms with Gasteiger partial charge in [-0.05, 0) is 40.5 Å². The second kappa shape index (κ2) is 12.3. The Morgan fingerprint density at radius 2 is 1.26 bits per heavy atom. The summed E-state index contributed by atoms with van der Waals surface area (Å²) in [5.74, 6) is -22.8. The SMILES string of the molecule is CC(C)N(C(=O)Oc1c(F)c(F)c(F)c(F)c1F)C(C(=O)[C@H](C)N)(C(=O)[C@H](C)N)C(=O)[C@@H]1CCCN1C(=O)C(F)(F)F. The summed E-state index contributed by atoms with van der Waals surface area (Å²) < 4.78 is 114. The Hall–Kier alpha value is -3.67. The Morgan fingerprint density at radius 1 is 0.833 bits per heavy atom. The van der Waals surface area contributed by atoms with Crippen LogP contribution in [-0.2, 0) is 19.2 Å². The number of ether oxygens (including phenoxy) is 1. The van der Waals surface area contributed by atoms with Crippen LogP contribution < -0.4 is 16.2 Å². The van der Waals surface area contributed by atoms with E-state index in [2.05, 4.69) is 4.74 Å². The van der Waals surface area contributed by atoms with E-state index in [1.807, 2.05) is 0 Å².